The highest BCUT2D eigenvalue weighted by atomic mass is 32.2. The Labute approximate surface area is 69.9 Å². The number of amides is 2. The minimum Gasteiger partial charge on any atom is -0.286 e. The van der Waals surface area contributed by atoms with Crippen LogP contribution < -0.4 is 5.32 Å². The van der Waals surface area contributed by atoms with Gasteiger partial charge in [0, 0.05) is 0 Å². The van der Waals surface area contributed by atoms with Crippen molar-refractivity contribution in [3.8, 4) is 0 Å². The summed E-state index contributed by atoms with van der Waals surface area (Å²) in [6.07, 6.45) is 0.929. The van der Waals surface area contributed by atoms with E-state index >= 15 is 0 Å². The Kier molecular flexibility index (Phi) is 2.54. The Bertz CT molecular complexity index is 193. The predicted octanol–water partition coefficient (Wildman–Crippen LogP) is 1.38. The molecule has 0 aromatic heterocycles. The highest BCUT2D eigenvalue weighted by Crippen LogP contribution is 2.27. The normalized spacial score (nSPS) is 26.9. The van der Waals surface area contributed by atoms with Gasteiger partial charge in [0.25, 0.3) is 5.24 Å². The van der Waals surface area contributed by atoms with Crippen molar-refractivity contribution in [3.05, 3.63) is 0 Å². The Hall–Kier alpha value is -0.510. The molecule has 0 aliphatic carbocycles. The predicted molar refractivity (Wildman–Crippen MR) is 44.4 cm³/mol. The summed E-state index contributed by atoms with van der Waals surface area (Å²) in [5, 5.41) is 1.90. The number of thioether (sulfide) groups is 1. The largest absolute Gasteiger partial charge is 0.286 e. The molecule has 11 heavy (non-hydrogen) atoms. The second kappa shape index (κ2) is 3.26. The van der Waals surface area contributed by atoms with Crippen LogP contribution in [-0.4, -0.2) is 16.4 Å². The van der Waals surface area contributed by atoms with E-state index in [-0.39, 0.29) is 22.3 Å². The lowest BCUT2D eigenvalue weighted by Gasteiger charge is -2.11. The molecule has 0 bridgehead atoms. The molecule has 0 radical (unpaired) electrons. The van der Waals surface area contributed by atoms with Crippen molar-refractivity contribution in [2.45, 2.75) is 25.5 Å². The lowest BCUT2D eigenvalue weighted by atomic mass is 10.0. The van der Waals surface area contributed by atoms with Crippen LogP contribution in [0.5, 0.6) is 0 Å². The van der Waals surface area contributed by atoms with Crippen LogP contribution in [0, 0.1) is 5.92 Å². The summed E-state index contributed by atoms with van der Waals surface area (Å²) >= 11 is 1.11. The van der Waals surface area contributed by atoms with Crippen molar-refractivity contribution in [1.29, 1.82) is 0 Å². The van der Waals surface area contributed by atoms with Gasteiger partial charge in [0.1, 0.15) is 0 Å². The molecule has 62 valence electrons. The van der Waals surface area contributed by atoms with Gasteiger partial charge in [-0.1, -0.05) is 32.0 Å². The van der Waals surface area contributed by atoms with Crippen LogP contribution >= 0.6 is 11.8 Å². The summed E-state index contributed by atoms with van der Waals surface area (Å²) in [5.41, 5.74) is 0. The number of hydrogen-bond donors (Lipinski definition) is 1. The zero-order valence-corrected chi connectivity index (χ0v) is 7.40. The molecule has 2 amide bonds. The first-order chi connectivity index (χ1) is 5.15. The van der Waals surface area contributed by atoms with E-state index in [1.165, 1.54) is 0 Å². The van der Waals surface area contributed by atoms with Crippen molar-refractivity contribution in [2.24, 2.45) is 5.92 Å². The molecule has 2 atom stereocenters. The van der Waals surface area contributed by atoms with Crippen LogP contribution in [0.4, 0.5) is 4.79 Å². The van der Waals surface area contributed by atoms with E-state index in [4.69, 9.17) is 0 Å². The zero-order chi connectivity index (χ0) is 8.43. The maximum Gasteiger partial charge on any atom is 0.286 e. The van der Waals surface area contributed by atoms with Gasteiger partial charge < -0.3 is 0 Å². The molecule has 0 spiro atoms. The maximum atomic E-state index is 11.0. The minimum absolute atomic E-state index is 0.130. The Balaban J connectivity index is 2.59. The summed E-state index contributed by atoms with van der Waals surface area (Å²) in [7, 11) is 0. The molecule has 4 heteroatoms. The van der Waals surface area contributed by atoms with Gasteiger partial charge in [-0.25, -0.2) is 0 Å². The fourth-order valence-corrected chi connectivity index (χ4v) is 1.94. The molecule has 3 nitrogen and oxygen atoms in total. The first-order valence-corrected chi connectivity index (χ1v) is 4.54. The average Bonchev–Trinajstić information content (AvgIpc) is 2.28. The van der Waals surface area contributed by atoms with Crippen molar-refractivity contribution in [1.82, 2.24) is 5.32 Å². The summed E-state index contributed by atoms with van der Waals surface area (Å²) in [5.74, 6) is 0.154. The number of nitrogens with one attached hydrogen (secondary N) is 1. The highest BCUT2D eigenvalue weighted by molar-refractivity contribution is 8.15. The summed E-state index contributed by atoms with van der Waals surface area (Å²) < 4.78 is 0. The molecule has 1 aliphatic rings. The van der Waals surface area contributed by atoms with Crippen LogP contribution in [0.25, 0.3) is 0 Å². The number of imide groups is 1. The summed E-state index contributed by atoms with van der Waals surface area (Å²) in [4.78, 5) is 21.7. The second-order valence-corrected chi connectivity index (χ2v) is 3.82. The van der Waals surface area contributed by atoms with Crippen LogP contribution in [0.15, 0.2) is 0 Å². The van der Waals surface area contributed by atoms with Gasteiger partial charge in [-0.05, 0) is 5.92 Å². The first kappa shape index (κ1) is 8.59. The van der Waals surface area contributed by atoms with Crippen LogP contribution in [0.1, 0.15) is 20.3 Å². The van der Waals surface area contributed by atoms with E-state index in [0.29, 0.717) is 0 Å². The van der Waals surface area contributed by atoms with Crippen molar-refractivity contribution < 1.29 is 9.59 Å². The molecule has 0 aromatic carbocycles. The monoisotopic (exact) mass is 173 g/mol. The topological polar surface area (TPSA) is 46.2 Å². The maximum absolute atomic E-state index is 11.0. The first-order valence-electron chi connectivity index (χ1n) is 3.66. The lowest BCUT2D eigenvalue weighted by molar-refractivity contribution is -0.119. The Morgan fingerprint density at radius 1 is 1.64 bits per heavy atom. The molecule has 0 saturated carbocycles. The Morgan fingerprint density at radius 3 is 2.64 bits per heavy atom. The lowest BCUT2D eigenvalue weighted by Crippen LogP contribution is -2.28. The Morgan fingerprint density at radius 2 is 2.27 bits per heavy atom. The number of rotatable bonds is 2. The van der Waals surface area contributed by atoms with Crippen LogP contribution in [0.2, 0.25) is 0 Å². The third-order valence-corrected chi connectivity index (χ3v) is 3.13. The molecular weight excluding hydrogens is 162 g/mol. The van der Waals surface area contributed by atoms with Gasteiger partial charge in [-0.2, -0.15) is 0 Å². The molecule has 1 aliphatic heterocycles. The van der Waals surface area contributed by atoms with E-state index in [0.717, 1.165) is 18.2 Å². The van der Waals surface area contributed by atoms with Crippen LogP contribution in [-0.2, 0) is 4.79 Å². The van der Waals surface area contributed by atoms with Crippen molar-refractivity contribution >= 4 is 22.9 Å². The fraction of sp³-hybridized carbons (Fsp3) is 0.714. The molecule has 1 fully saturated rings. The van der Waals surface area contributed by atoms with E-state index < -0.39 is 0 Å². The van der Waals surface area contributed by atoms with Gasteiger partial charge in [0.15, 0.2) is 0 Å². The molecular formula is C7H11NO2S. The highest BCUT2D eigenvalue weighted by Gasteiger charge is 2.34. The second-order valence-electron chi connectivity index (χ2n) is 2.70. The van der Waals surface area contributed by atoms with E-state index in [9.17, 15) is 9.59 Å². The number of carbonyl (C=O) groups excluding carboxylic acids is 2. The van der Waals surface area contributed by atoms with Crippen molar-refractivity contribution in [2.75, 3.05) is 0 Å². The van der Waals surface area contributed by atoms with Crippen LogP contribution in [0.3, 0.4) is 0 Å². The summed E-state index contributed by atoms with van der Waals surface area (Å²) in [6.45, 7) is 4.00. The standard InChI is InChI=1S/C7H11NO2S/c1-3-4(2)5-6(9)8-7(10)11-5/h4-5H,3H2,1-2H3,(H,8,9,10). The molecule has 2 unspecified atom stereocenters. The average molecular weight is 173 g/mol. The quantitative estimate of drug-likeness (QED) is 0.686. The number of carbonyl (C=O) groups is 2. The fourth-order valence-electron chi connectivity index (χ4n) is 0.959. The van der Waals surface area contributed by atoms with Crippen molar-refractivity contribution in [3.63, 3.8) is 0 Å². The third-order valence-electron chi connectivity index (χ3n) is 1.88. The molecule has 1 saturated heterocycles. The van der Waals surface area contributed by atoms with Gasteiger partial charge in [-0.3, -0.25) is 14.9 Å². The summed E-state index contributed by atoms with van der Waals surface area (Å²) in [6, 6.07) is 0. The van der Waals surface area contributed by atoms with Gasteiger partial charge in [0.05, 0.1) is 5.25 Å². The smallest absolute Gasteiger partial charge is 0.286 e. The van der Waals surface area contributed by atoms with E-state index in [2.05, 4.69) is 5.32 Å². The van der Waals surface area contributed by atoms with Gasteiger partial charge in [0.2, 0.25) is 5.91 Å². The molecule has 1 heterocycles. The van der Waals surface area contributed by atoms with E-state index in [1.807, 2.05) is 13.8 Å². The minimum atomic E-state index is -0.208. The SMILES string of the molecule is CCC(C)C1SC(=O)NC1=O. The molecule has 0 aromatic rings. The zero-order valence-electron chi connectivity index (χ0n) is 6.59. The number of hydrogen-bond acceptors (Lipinski definition) is 3. The molecule has 1 N–H and O–H groups in total. The van der Waals surface area contributed by atoms with Gasteiger partial charge in [-0.15, -0.1) is 0 Å². The molecule has 1 rings (SSSR count). The third kappa shape index (κ3) is 1.74. The van der Waals surface area contributed by atoms with E-state index in [1.54, 1.807) is 0 Å². The van der Waals surface area contributed by atoms with Gasteiger partial charge >= 0.3 is 0 Å².